The second-order valence-electron chi connectivity index (χ2n) is 6.51. The van der Waals surface area contributed by atoms with Crippen LogP contribution in [0.25, 0.3) is 0 Å². The molecule has 6 heteroatoms. The molecular formula is C20H26N4O2. The summed E-state index contributed by atoms with van der Waals surface area (Å²) in [6.07, 6.45) is 8.52. The molecule has 1 fully saturated rings. The van der Waals surface area contributed by atoms with E-state index in [1.165, 1.54) is 6.33 Å². The summed E-state index contributed by atoms with van der Waals surface area (Å²) in [6, 6.07) is 9.85. The Bertz CT molecular complexity index is 658. The van der Waals surface area contributed by atoms with Crippen molar-refractivity contribution < 1.29 is 9.53 Å². The van der Waals surface area contributed by atoms with Crippen LogP contribution in [-0.4, -0.2) is 46.5 Å². The zero-order valence-corrected chi connectivity index (χ0v) is 15.0. The van der Waals surface area contributed by atoms with Crippen LogP contribution in [0.5, 0.6) is 5.75 Å². The molecular weight excluding hydrogens is 328 g/mol. The fourth-order valence-electron chi connectivity index (χ4n) is 3.26. The summed E-state index contributed by atoms with van der Waals surface area (Å²) in [5.41, 5.74) is 0.960. The Balaban J connectivity index is 1.62. The highest BCUT2D eigenvalue weighted by Crippen LogP contribution is 2.18. The lowest BCUT2D eigenvalue weighted by molar-refractivity contribution is -0.135. The van der Waals surface area contributed by atoms with Crippen LogP contribution >= 0.6 is 0 Å². The SMILES string of the molecule is O=C(CCOc1ccccc1)N(Cc1cncnc1)[C@@H]1CCCNCC1. The Morgan fingerprint density at radius 1 is 1.15 bits per heavy atom. The van der Waals surface area contributed by atoms with Crippen LogP contribution in [0.15, 0.2) is 49.1 Å². The van der Waals surface area contributed by atoms with E-state index >= 15 is 0 Å². The summed E-state index contributed by atoms with van der Waals surface area (Å²) in [4.78, 5) is 23.1. The third-order valence-corrected chi connectivity index (χ3v) is 4.60. The number of nitrogens with zero attached hydrogens (tertiary/aromatic N) is 3. The summed E-state index contributed by atoms with van der Waals surface area (Å²) in [7, 11) is 0. The van der Waals surface area contributed by atoms with Gasteiger partial charge in [-0.2, -0.15) is 0 Å². The van der Waals surface area contributed by atoms with Crippen LogP contribution in [0.3, 0.4) is 0 Å². The second-order valence-corrected chi connectivity index (χ2v) is 6.51. The van der Waals surface area contributed by atoms with Gasteiger partial charge in [-0.15, -0.1) is 0 Å². The number of hydrogen-bond acceptors (Lipinski definition) is 5. The standard InChI is InChI=1S/C20H26N4O2/c25-20(9-12-26-19-6-2-1-3-7-19)24(15-17-13-22-16-23-14-17)18-5-4-10-21-11-8-18/h1-3,6-7,13-14,16,18,21H,4-5,8-12,15H2/t18-/m1/s1. The first-order chi connectivity index (χ1) is 12.8. The molecule has 1 saturated heterocycles. The molecule has 0 saturated carbocycles. The zero-order chi connectivity index (χ0) is 18.0. The maximum absolute atomic E-state index is 12.9. The number of ether oxygens (including phenoxy) is 1. The zero-order valence-electron chi connectivity index (χ0n) is 15.0. The van der Waals surface area contributed by atoms with Crippen molar-refractivity contribution in [1.82, 2.24) is 20.2 Å². The molecule has 2 heterocycles. The van der Waals surface area contributed by atoms with Crippen molar-refractivity contribution in [3.8, 4) is 5.75 Å². The van der Waals surface area contributed by atoms with Gasteiger partial charge in [0.2, 0.25) is 5.91 Å². The molecule has 1 aliphatic heterocycles. The smallest absolute Gasteiger partial charge is 0.226 e. The molecule has 6 nitrogen and oxygen atoms in total. The fourth-order valence-corrected chi connectivity index (χ4v) is 3.26. The minimum atomic E-state index is 0.122. The van der Waals surface area contributed by atoms with Crippen molar-refractivity contribution in [3.63, 3.8) is 0 Å². The lowest BCUT2D eigenvalue weighted by Crippen LogP contribution is -2.41. The number of para-hydroxylation sites is 1. The first kappa shape index (κ1) is 18.3. The van der Waals surface area contributed by atoms with Crippen LogP contribution in [0.4, 0.5) is 0 Å². The summed E-state index contributed by atoms with van der Waals surface area (Å²) in [5, 5.41) is 3.41. The Morgan fingerprint density at radius 2 is 1.96 bits per heavy atom. The largest absolute Gasteiger partial charge is 0.493 e. The average molecular weight is 354 g/mol. The number of nitrogens with one attached hydrogen (secondary N) is 1. The first-order valence-corrected chi connectivity index (χ1v) is 9.25. The van der Waals surface area contributed by atoms with Crippen molar-refractivity contribution in [2.24, 2.45) is 0 Å². The molecule has 0 unspecified atom stereocenters. The Hall–Kier alpha value is -2.47. The highest BCUT2D eigenvalue weighted by Gasteiger charge is 2.24. The Labute approximate surface area is 154 Å². The van der Waals surface area contributed by atoms with E-state index in [1.807, 2.05) is 35.2 Å². The van der Waals surface area contributed by atoms with E-state index in [4.69, 9.17) is 4.74 Å². The van der Waals surface area contributed by atoms with E-state index in [0.29, 0.717) is 19.6 Å². The molecule has 0 spiro atoms. The molecule has 2 aromatic rings. The number of amides is 1. The molecule has 1 amide bonds. The molecule has 1 aromatic heterocycles. The van der Waals surface area contributed by atoms with E-state index in [2.05, 4.69) is 15.3 Å². The van der Waals surface area contributed by atoms with Gasteiger partial charge in [0.15, 0.2) is 0 Å². The highest BCUT2D eigenvalue weighted by atomic mass is 16.5. The molecule has 26 heavy (non-hydrogen) atoms. The number of rotatable bonds is 7. The molecule has 1 aliphatic rings. The predicted molar refractivity (Wildman–Crippen MR) is 99.6 cm³/mol. The van der Waals surface area contributed by atoms with Crippen molar-refractivity contribution in [1.29, 1.82) is 0 Å². The lowest BCUT2D eigenvalue weighted by atomic mass is 10.1. The normalized spacial score (nSPS) is 17.3. The summed E-state index contributed by atoms with van der Waals surface area (Å²) >= 11 is 0. The minimum Gasteiger partial charge on any atom is -0.493 e. The van der Waals surface area contributed by atoms with Crippen molar-refractivity contribution >= 4 is 5.91 Å². The number of aromatic nitrogens is 2. The topological polar surface area (TPSA) is 67.3 Å². The van der Waals surface area contributed by atoms with Crippen LogP contribution in [0.2, 0.25) is 0 Å². The van der Waals surface area contributed by atoms with Crippen LogP contribution in [0.1, 0.15) is 31.2 Å². The van der Waals surface area contributed by atoms with Crippen LogP contribution in [0, 0.1) is 0 Å². The van der Waals surface area contributed by atoms with Gasteiger partial charge in [-0.1, -0.05) is 18.2 Å². The summed E-state index contributed by atoms with van der Waals surface area (Å²) < 4.78 is 5.70. The van der Waals surface area contributed by atoms with Gasteiger partial charge < -0.3 is 15.0 Å². The lowest BCUT2D eigenvalue weighted by Gasteiger charge is -2.31. The molecule has 1 N–H and O–H groups in total. The Kier molecular flexibility index (Phi) is 6.96. The van der Waals surface area contributed by atoms with Crippen molar-refractivity contribution in [3.05, 3.63) is 54.6 Å². The monoisotopic (exact) mass is 354 g/mol. The first-order valence-electron chi connectivity index (χ1n) is 9.25. The molecule has 138 valence electrons. The van der Waals surface area contributed by atoms with Gasteiger partial charge >= 0.3 is 0 Å². The molecule has 0 radical (unpaired) electrons. The van der Waals surface area contributed by atoms with Gasteiger partial charge in [0.25, 0.3) is 0 Å². The van der Waals surface area contributed by atoms with E-state index < -0.39 is 0 Å². The summed E-state index contributed by atoms with van der Waals surface area (Å²) in [6.45, 7) is 2.90. The number of carbonyl (C=O) groups is 1. The highest BCUT2D eigenvalue weighted by molar-refractivity contribution is 5.76. The third-order valence-electron chi connectivity index (χ3n) is 4.60. The number of benzene rings is 1. The Morgan fingerprint density at radius 3 is 2.77 bits per heavy atom. The maximum Gasteiger partial charge on any atom is 0.226 e. The second kappa shape index (κ2) is 9.87. The number of carbonyl (C=O) groups excluding carboxylic acids is 1. The molecule has 1 aromatic carbocycles. The number of hydrogen-bond donors (Lipinski definition) is 1. The van der Waals surface area contributed by atoms with Gasteiger partial charge in [0, 0.05) is 30.5 Å². The fraction of sp³-hybridized carbons (Fsp3) is 0.450. The predicted octanol–water partition coefficient (Wildman–Crippen LogP) is 2.42. The van der Waals surface area contributed by atoms with E-state index in [-0.39, 0.29) is 11.9 Å². The maximum atomic E-state index is 12.9. The molecule has 0 bridgehead atoms. The minimum absolute atomic E-state index is 0.122. The van der Waals surface area contributed by atoms with Crippen LogP contribution in [-0.2, 0) is 11.3 Å². The van der Waals surface area contributed by atoms with Gasteiger partial charge in [-0.05, 0) is 44.5 Å². The molecule has 1 atom stereocenters. The van der Waals surface area contributed by atoms with E-state index in [9.17, 15) is 4.79 Å². The van der Waals surface area contributed by atoms with E-state index in [0.717, 1.165) is 43.7 Å². The average Bonchev–Trinajstić information content (AvgIpc) is 2.97. The van der Waals surface area contributed by atoms with Gasteiger partial charge in [0.1, 0.15) is 12.1 Å². The summed E-state index contributed by atoms with van der Waals surface area (Å²) in [5.74, 6) is 0.915. The van der Waals surface area contributed by atoms with Crippen LogP contribution < -0.4 is 10.1 Å². The quantitative estimate of drug-likeness (QED) is 0.827. The molecule has 3 rings (SSSR count). The van der Waals surface area contributed by atoms with E-state index in [1.54, 1.807) is 12.4 Å². The third kappa shape index (κ3) is 5.52. The van der Waals surface area contributed by atoms with Gasteiger partial charge in [0.05, 0.1) is 13.0 Å². The van der Waals surface area contributed by atoms with Crippen molar-refractivity contribution in [2.75, 3.05) is 19.7 Å². The molecule has 0 aliphatic carbocycles. The van der Waals surface area contributed by atoms with Crippen molar-refractivity contribution in [2.45, 2.75) is 38.3 Å². The van der Waals surface area contributed by atoms with Gasteiger partial charge in [-0.25, -0.2) is 9.97 Å². The van der Waals surface area contributed by atoms with Gasteiger partial charge in [-0.3, -0.25) is 4.79 Å².